The van der Waals surface area contributed by atoms with Crippen molar-refractivity contribution in [2.24, 2.45) is 0 Å². The minimum Gasteiger partial charge on any atom is -0.483 e. The van der Waals surface area contributed by atoms with Gasteiger partial charge in [-0.25, -0.2) is 9.97 Å². The quantitative estimate of drug-likeness (QED) is 0.120. The van der Waals surface area contributed by atoms with Crippen molar-refractivity contribution >= 4 is 50.4 Å². The standard InChI is InChI=1S/C36H36N6O6/c1-34(2,43)20-12-30-28(15-23(20)37)41-32(45-30)18-7-9-19(10-8-18)47-35(3,4)21-11-27-31(16-25(21)39)46-33(42-27)48-36(5,6)22-13-29-26(14-24(22)38)40-17-44-29/h7-17,43H,37-39H2,1-6H3. The van der Waals surface area contributed by atoms with Crippen LogP contribution in [0.3, 0.4) is 0 Å². The fraction of sp³-hybridized carbons (Fsp3) is 0.250. The summed E-state index contributed by atoms with van der Waals surface area (Å²) in [5.41, 5.74) is 23.7. The van der Waals surface area contributed by atoms with Crippen LogP contribution >= 0.6 is 0 Å². The van der Waals surface area contributed by atoms with Gasteiger partial charge in [-0.15, -0.1) is 0 Å². The fourth-order valence-corrected chi connectivity index (χ4v) is 5.91. The Labute approximate surface area is 275 Å². The molecule has 3 aromatic heterocycles. The largest absolute Gasteiger partial charge is 0.483 e. The number of aliphatic hydroxyl groups is 1. The first-order valence-electron chi connectivity index (χ1n) is 15.3. The highest BCUT2D eigenvalue weighted by Gasteiger charge is 2.31. The summed E-state index contributed by atoms with van der Waals surface area (Å²) < 4.78 is 30.1. The van der Waals surface area contributed by atoms with Crippen LogP contribution < -0.4 is 26.7 Å². The highest BCUT2D eigenvalue weighted by molar-refractivity contribution is 5.82. The Morgan fingerprint density at radius 2 is 1.21 bits per heavy atom. The zero-order valence-electron chi connectivity index (χ0n) is 27.4. The number of benzene rings is 4. The van der Waals surface area contributed by atoms with E-state index < -0.39 is 16.8 Å². The number of nitrogens with two attached hydrogens (primary N) is 3. The van der Waals surface area contributed by atoms with Crippen molar-refractivity contribution in [3.8, 4) is 23.3 Å². The Balaban J connectivity index is 1.11. The molecule has 0 spiro atoms. The Kier molecular flexibility index (Phi) is 6.85. The molecule has 0 aliphatic rings. The van der Waals surface area contributed by atoms with Gasteiger partial charge in [0.2, 0.25) is 5.89 Å². The Bertz CT molecular complexity index is 2330. The third-order valence-electron chi connectivity index (χ3n) is 8.38. The van der Waals surface area contributed by atoms with E-state index in [1.54, 1.807) is 44.2 Å². The lowest BCUT2D eigenvalue weighted by Gasteiger charge is -2.28. The molecule has 0 saturated carbocycles. The molecule has 0 aliphatic carbocycles. The Morgan fingerprint density at radius 3 is 1.94 bits per heavy atom. The number of hydrogen-bond acceptors (Lipinski definition) is 12. The van der Waals surface area contributed by atoms with Crippen molar-refractivity contribution in [2.45, 2.75) is 58.3 Å². The number of aromatic nitrogens is 3. The van der Waals surface area contributed by atoms with Gasteiger partial charge < -0.3 is 45.0 Å². The van der Waals surface area contributed by atoms with Crippen LogP contribution in [0.1, 0.15) is 58.2 Å². The predicted octanol–water partition coefficient (Wildman–Crippen LogP) is 7.38. The molecule has 0 saturated heterocycles. The normalized spacial score (nSPS) is 12.7. The van der Waals surface area contributed by atoms with Crippen molar-refractivity contribution in [3.05, 3.63) is 83.7 Å². The molecule has 12 heteroatoms. The van der Waals surface area contributed by atoms with Gasteiger partial charge in [0, 0.05) is 45.4 Å². The first-order valence-corrected chi connectivity index (χ1v) is 15.3. The fourth-order valence-electron chi connectivity index (χ4n) is 5.91. The van der Waals surface area contributed by atoms with E-state index in [2.05, 4.69) is 15.0 Å². The molecule has 48 heavy (non-hydrogen) atoms. The van der Waals surface area contributed by atoms with Crippen molar-refractivity contribution in [3.63, 3.8) is 0 Å². The molecule has 0 unspecified atom stereocenters. The zero-order valence-corrected chi connectivity index (χ0v) is 27.4. The molecule has 4 aromatic carbocycles. The molecule has 0 amide bonds. The number of ether oxygens (including phenoxy) is 2. The SMILES string of the molecule is CC(C)(O)c1cc2oc(-c3ccc(OC(C)(C)c4cc5nc(OC(C)(C)c6cc7ocnc7cc6N)oc5cc4N)cc3)nc2cc1N. The van der Waals surface area contributed by atoms with Crippen molar-refractivity contribution in [1.29, 1.82) is 0 Å². The maximum Gasteiger partial charge on any atom is 0.395 e. The number of rotatable bonds is 8. The van der Waals surface area contributed by atoms with E-state index >= 15 is 0 Å². The summed E-state index contributed by atoms with van der Waals surface area (Å²) in [5, 5.41) is 10.5. The van der Waals surface area contributed by atoms with Crippen LogP contribution in [0.25, 0.3) is 44.8 Å². The lowest BCUT2D eigenvalue weighted by atomic mass is 9.95. The Morgan fingerprint density at radius 1 is 0.625 bits per heavy atom. The van der Waals surface area contributed by atoms with Crippen molar-refractivity contribution in [1.82, 2.24) is 15.0 Å². The van der Waals surface area contributed by atoms with E-state index in [4.69, 9.17) is 39.9 Å². The summed E-state index contributed by atoms with van der Waals surface area (Å²) in [6, 6.07) is 17.9. The van der Waals surface area contributed by atoms with Crippen molar-refractivity contribution < 1.29 is 27.8 Å². The van der Waals surface area contributed by atoms with E-state index in [1.165, 1.54) is 6.39 Å². The van der Waals surface area contributed by atoms with Gasteiger partial charge in [-0.2, -0.15) is 4.98 Å². The van der Waals surface area contributed by atoms with E-state index in [0.717, 1.165) is 11.1 Å². The van der Waals surface area contributed by atoms with Gasteiger partial charge in [0.1, 0.15) is 33.5 Å². The highest BCUT2D eigenvalue weighted by Crippen LogP contribution is 2.39. The van der Waals surface area contributed by atoms with Gasteiger partial charge in [0.05, 0.1) is 5.60 Å². The second-order valence-electron chi connectivity index (χ2n) is 13.4. The molecule has 7 rings (SSSR count). The van der Waals surface area contributed by atoms with Gasteiger partial charge in [-0.3, -0.25) is 0 Å². The summed E-state index contributed by atoms with van der Waals surface area (Å²) in [6.07, 6.45) is 1.44. The first-order chi connectivity index (χ1) is 22.6. The minimum atomic E-state index is -1.12. The molecule has 7 N–H and O–H groups in total. The minimum absolute atomic E-state index is 0.0658. The lowest BCUT2D eigenvalue weighted by molar-refractivity contribution is 0.0711. The van der Waals surface area contributed by atoms with E-state index in [-0.39, 0.29) is 6.08 Å². The predicted molar refractivity (Wildman–Crippen MR) is 183 cm³/mol. The van der Waals surface area contributed by atoms with Crippen LogP contribution in [0.15, 0.2) is 80.3 Å². The first kappa shape index (κ1) is 30.9. The molecule has 0 fully saturated rings. The maximum atomic E-state index is 10.5. The van der Waals surface area contributed by atoms with Crippen LogP contribution in [0, 0.1) is 0 Å². The number of oxazole rings is 3. The summed E-state index contributed by atoms with van der Waals surface area (Å²) in [6.45, 7) is 10.9. The maximum absolute atomic E-state index is 10.5. The zero-order chi connectivity index (χ0) is 34.2. The molecule has 0 atom stereocenters. The van der Waals surface area contributed by atoms with E-state index in [1.807, 2.05) is 58.0 Å². The van der Waals surface area contributed by atoms with E-state index in [9.17, 15) is 5.11 Å². The molecule has 3 heterocycles. The second kappa shape index (κ2) is 10.6. The van der Waals surface area contributed by atoms with Crippen LogP contribution in [0.4, 0.5) is 17.1 Å². The van der Waals surface area contributed by atoms with E-state index in [0.29, 0.717) is 73.1 Å². The number of hydrogen-bond donors (Lipinski definition) is 4. The van der Waals surface area contributed by atoms with Crippen LogP contribution in [-0.4, -0.2) is 20.1 Å². The highest BCUT2D eigenvalue weighted by atomic mass is 16.6. The summed E-state index contributed by atoms with van der Waals surface area (Å²) >= 11 is 0. The average Bonchev–Trinajstić information content (AvgIpc) is 3.72. The summed E-state index contributed by atoms with van der Waals surface area (Å²) in [4.78, 5) is 13.3. The molecule has 12 nitrogen and oxygen atoms in total. The molecule has 246 valence electrons. The summed E-state index contributed by atoms with van der Waals surface area (Å²) in [7, 11) is 0. The summed E-state index contributed by atoms with van der Waals surface area (Å²) in [5.74, 6) is 1.03. The number of anilines is 3. The lowest BCUT2D eigenvalue weighted by Crippen LogP contribution is -2.26. The monoisotopic (exact) mass is 648 g/mol. The van der Waals surface area contributed by atoms with Crippen LogP contribution in [-0.2, 0) is 16.8 Å². The third-order valence-corrected chi connectivity index (χ3v) is 8.38. The average molecular weight is 649 g/mol. The molecular weight excluding hydrogens is 612 g/mol. The molecule has 7 aromatic rings. The van der Waals surface area contributed by atoms with Crippen molar-refractivity contribution in [2.75, 3.05) is 17.2 Å². The number of nitrogen functional groups attached to an aromatic ring is 3. The van der Waals surface area contributed by atoms with Crippen LogP contribution in [0.5, 0.6) is 11.8 Å². The van der Waals surface area contributed by atoms with Gasteiger partial charge in [0.25, 0.3) is 0 Å². The molecule has 0 radical (unpaired) electrons. The van der Waals surface area contributed by atoms with Gasteiger partial charge in [0.15, 0.2) is 23.1 Å². The second-order valence-corrected chi connectivity index (χ2v) is 13.4. The molecule has 0 bridgehead atoms. The topological polar surface area (TPSA) is 195 Å². The molecular formula is C36H36N6O6. The van der Waals surface area contributed by atoms with Crippen LogP contribution in [0.2, 0.25) is 0 Å². The molecule has 0 aliphatic heterocycles. The Hall–Kier alpha value is -5.75. The number of fused-ring (bicyclic) bond motifs is 3. The smallest absolute Gasteiger partial charge is 0.395 e. The van der Waals surface area contributed by atoms with Gasteiger partial charge >= 0.3 is 6.08 Å². The van der Waals surface area contributed by atoms with Gasteiger partial charge in [-0.1, -0.05) is 0 Å². The third kappa shape index (κ3) is 5.49. The number of nitrogens with zero attached hydrogens (tertiary/aromatic N) is 3. The van der Waals surface area contributed by atoms with Gasteiger partial charge in [-0.05, 0) is 96.1 Å².